The van der Waals surface area contributed by atoms with Crippen LogP contribution in [0.4, 0.5) is 0 Å². The van der Waals surface area contributed by atoms with E-state index in [0.717, 1.165) is 23.9 Å². The molecule has 0 aliphatic carbocycles. The highest BCUT2D eigenvalue weighted by atomic mass is 79.9. The number of nitrogens with zero attached hydrogens (tertiary/aromatic N) is 2. The molecule has 21 heavy (non-hydrogen) atoms. The minimum Gasteiger partial charge on any atom is -0.367 e. The predicted molar refractivity (Wildman–Crippen MR) is 83.8 cm³/mol. The fraction of sp³-hybridized carbons (Fsp3) is 0.467. The van der Waals surface area contributed by atoms with Crippen LogP contribution in [0.2, 0.25) is 0 Å². The molecule has 2 heterocycles. The van der Waals surface area contributed by atoms with E-state index < -0.39 is 5.60 Å². The van der Waals surface area contributed by atoms with Crippen LogP contribution in [0, 0.1) is 0 Å². The Kier molecular flexibility index (Phi) is 3.33. The van der Waals surface area contributed by atoms with Crippen molar-refractivity contribution in [2.75, 3.05) is 6.61 Å². The number of aromatic nitrogens is 2. The van der Waals surface area contributed by atoms with Gasteiger partial charge in [0.05, 0.1) is 11.0 Å². The van der Waals surface area contributed by atoms with Gasteiger partial charge in [-0.25, -0.2) is 4.79 Å². The number of rotatable bonds is 2. The fourth-order valence-corrected chi connectivity index (χ4v) is 3.45. The van der Waals surface area contributed by atoms with Gasteiger partial charge in [0, 0.05) is 30.7 Å². The molecule has 0 amide bonds. The largest absolute Gasteiger partial charge is 0.367 e. The zero-order chi connectivity index (χ0) is 15.4. The molecule has 0 spiro atoms. The van der Waals surface area contributed by atoms with Crippen molar-refractivity contribution in [1.82, 2.24) is 9.13 Å². The molecule has 1 unspecified atom stereocenters. The standard InChI is InChI=1S/C15H17BrN2O3/c1-15(5-4-6-21-15)13(19)9-7-11-12(8-10(9)16)18(3)14(20)17(11)2/h7-8H,4-6H2,1-3H3. The molecule has 1 fully saturated rings. The van der Waals surface area contributed by atoms with Crippen molar-refractivity contribution >= 4 is 32.7 Å². The van der Waals surface area contributed by atoms with Gasteiger partial charge in [-0.2, -0.15) is 0 Å². The molecule has 0 radical (unpaired) electrons. The molecular weight excluding hydrogens is 336 g/mol. The summed E-state index contributed by atoms with van der Waals surface area (Å²) in [6.07, 6.45) is 1.62. The van der Waals surface area contributed by atoms with Gasteiger partial charge >= 0.3 is 5.69 Å². The highest BCUT2D eigenvalue weighted by Gasteiger charge is 2.39. The summed E-state index contributed by atoms with van der Waals surface area (Å²) in [5.41, 5.74) is 1.24. The molecule has 6 heteroatoms. The fourth-order valence-electron chi connectivity index (χ4n) is 2.94. The molecule has 1 aromatic carbocycles. The number of ketones is 1. The zero-order valence-corrected chi connectivity index (χ0v) is 13.9. The van der Waals surface area contributed by atoms with Crippen molar-refractivity contribution in [3.05, 3.63) is 32.7 Å². The zero-order valence-electron chi connectivity index (χ0n) is 12.3. The van der Waals surface area contributed by atoms with Crippen LogP contribution >= 0.6 is 15.9 Å². The predicted octanol–water partition coefficient (Wildman–Crippen LogP) is 2.39. The van der Waals surface area contributed by atoms with Crippen LogP contribution in [0.3, 0.4) is 0 Å². The van der Waals surface area contributed by atoms with Gasteiger partial charge in [0.25, 0.3) is 0 Å². The lowest BCUT2D eigenvalue weighted by atomic mass is 9.92. The summed E-state index contributed by atoms with van der Waals surface area (Å²) in [7, 11) is 3.43. The Labute approximate surface area is 130 Å². The number of imidazole rings is 1. The summed E-state index contributed by atoms with van der Waals surface area (Å²) in [4.78, 5) is 24.8. The van der Waals surface area contributed by atoms with Crippen LogP contribution < -0.4 is 5.69 Å². The number of hydrogen-bond acceptors (Lipinski definition) is 3. The number of halogens is 1. The molecule has 2 aromatic rings. The molecule has 1 aromatic heterocycles. The minimum absolute atomic E-state index is 0.0370. The second-order valence-electron chi connectivity index (χ2n) is 5.73. The lowest BCUT2D eigenvalue weighted by molar-refractivity contribution is 0.0213. The summed E-state index contributed by atoms with van der Waals surface area (Å²) >= 11 is 3.46. The number of ether oxygens (including phenoxy) is 1. The number of Topliss-reactive ketones (excluding diaryl/α,β-unsaturated/α-hetero) is 1. The molecule has 0 N–H and O–H groups in total. The highest BCUT2D eigenvalue weighted by Crippen LogP contribution is 2.33. The smallest absolute Gasteiger partial charge is 0.328 e. The van der Waals surface area contributed by atoms with E-state index in [1.54, 1.807) is 29.3 Å². The van der Waals surface area contributed by atoms with Crippen LogP contribution in [0.15, 0.2) is 21.4 Å². The molecule has 0 bridgehead atoms. The number of hydrogen-bond donors (Lipinski definition) is 0. The molecule has 112 valence electrons. The Morgan fingerprint density at radius 1 is 1.29 bits per heavy atom. The van der Waals surface area contributed by atoms with E-state index in [0.29, 0.717) is 16.6 Å². The van der Waals surface area contributed by atoms with Crippen molar-refractivity contribution in [1.29, 1.82) is 0 Å². The maximum absolute atomic E-state index is 12.8. The van der Waals surface area contributed by atoms with Crippen LogP contribution in [0.5, 0.6) is 0 Å². The van der Waals surface area contributed by atoms with E-state index in [2.05, 4.69) is 15.9 Å². The summed E-state index contributed by atoms with van der Waals surface area (Å²) in [5.74, 6) is -0.0370. The van der Waals surface area contributed by atoms with E-state index in [9.17, 15) is 9.59 Å². The van der Waals surface area contributed by atoms with Gasteiger partial charge in [-0.1, -0.05) is 0 Å². The number of carbonyl (C=O) groups is 1. The monoisotopic (exact) mass is 352 g/mol. The lowest BCUT2D eigenvalue weighted by Crippen LogP contribution is -2.34. The van der Waals surface area contributed by atoms with E-state index >= 15 is 0 Å². The third kappa shape index (κ3) is 2.08. The average molecular weight is 353 g/mol. The van der Waals surface area contributed by atoms with Crippen LogP contribution in [-0.4, -0.2) is 27.1 Å². The maximum atomic E-state index is 12.8. The first kappa shape index (κ1) is 14.5. The number of benzene rings is 1. The number of fused-ring (bicyclic) bond motifs is 1. The van der Waals surface area contributed by atoms with Crippen LogP contribution in [0.1, 0.15) is 30.1 Å². The van der Waals surface area contributed by atoms with Gasteiger partial charge in [0.15, 0.2) is 5.78 Å². The first-order valence-electron chi connectivity index (χ1n) is 6.89. The van der Waals surface area contributed by atoms with Crippen LogP contribution in [0.25, 0.3) is 11.0 Å². The van der Waals surface area contributed by atoms with E-state index in [-0.39, 0.29) is 11.5 Å². The SMILES string of the molecule is Cn1c(=O)n(C)c2cc(C(=O)C3(C)CCCO3)c(Br)cc21. The first-order chi connectivity index (χ1) is 9.85. The van der Waals surface area contributed by atoms with Gasteiger partial charge in [0.2, 0.25) is 0 Å². The molecule has 3 rings (SSSR count). The van der Waals surface area contributed by atoms with Gasteiger partial charge in [-0.05, 0) is 47.8 Å². The molecule has 5 nitrogen and oxygen atoms in total. The Hall–Kier alpha value is -1.40. The van der Waals surface area contributed by atoms with Crippen molar-refractivity contribution in [2.45, 2.75) is 25.4 Å². The third-order valence-electron chi connectivity index (χ3n) is 4.30. The van der Waals surface area contributed by atoms with Crippen molar-refractivity contribution in [3.63, 3.8) is 0 Å². The molecule has 0 saturated carbocycles. The Bertz CT molecular complexity index is 797. The second kappa shape index (κ2) is 4.81. The van der Waals surface area contributed by atoms with E-state index in [1.807, 2.05) is 13.0 Å². The molecule has 1 aliphatic heterocycles. The van der Waals surface area contributed by atoms with Crippen LogP contribution in [-0.2, 0) is 18.8 Å². The van der Waals surface area contributed by atoms with Gasteiger partial charge in [0.1, 0.15) is 5.60 Å². The average Bonchev–Trinajstić information content (AvgIpc) is 2.98. The normalized spacial score (nSPS) is 22.1. The summed E-state index contributed by atoms with van der Waals surface area (Å²) in [6.45, 7) is 2.45. The Morgan fingerprint density at radius 3 is 2.48 bits per heavy atom. The van der Waals surface area contributed by atoms with E-state index in [4.69, 9.17) is 4.74 Å². The molecule has 1 saturated heterocycles. The highest BCUT2D eigenvalue weighted by molar-refractivity contribution is 9.10. The number of aryl methyl sites for hydroxylation is 2. The molecular formula is C15H17BrN2O3. The molecule has 1 atom stereocenters. The molecule has 1 aliphatic rings. The van der Waals surface area contributed by atoms with Gasteiger partial charge < -0.3 is 4.74 Å². The number of carbonyl (C=O) groups excluding carboxylic acids is 1. The van der Waals surface area contributed by atoms with Crippen molar-refractivity contribution in [3.8, 4) is 0 Å². The Morgan fingerprint density at radius 2 is 1.90 bits per heavy atom. The van der Waals surface area contributed by atoms with Gasteiger partial charge in [-0.15, -0.1) is 0 Å². The summed E-state index contributed by atoms with van der Waals surface area (Å²) in [6, 6.07) is 3.60. The third-order valence-corrected chi connectivity index (χ3v) is 4.96. The minimum atomic E-state index is -0.760. The topological polar surface area (TPSA) is 53.2 Å². The maximum Gasteiger partial charge on any atom is 0.328 e. The van der Waals surface area contributed by atoms with E-state index in [1.165, 1.54) is 0 Å². The van der Waals surface area contributed by atoms with Crippen molar-refractivity contribution in [2.24, 2.45) is 14.1 Å². The second-order valence-corrected chi connectivity index (χ2v) is 6.59. The Balaban J connectivity index is 2.20. The first-order valence-corrected chi connectivity index (χ1v) is 7.68. The lowest BCUT2D eigenvalue weighted by Gasteiger charge is -2.22. The summed E-state index contributed by atoms with van der Waals surface area (Å²) < 4.78 is 9.45. The van der Waals surface area contributed by atoms with Crippen molar-refractivity contribution < 1.29 is 9.53 Å². The van der Waals surface area contributed by atoms with Gasteiger partial charge in [-0.3, -0.25) is 13.9 Å². The summed E-state index contributed by atoms with van der Waals surface area (Å²) in [5, 5.41) is 0. The quantitative estimate of drug-likeness (QED) is 0.779.